The molecule has 0 aliphatic heterocycles. The van der Waals surface area contributed by atoms with Crippen LogP contribution in [0.5, 0.6) is 6.01 Å². The summed E-state index contributed by atoms with van der Waals surface area (Å²) in [6, 6.07) is 8.97. The van der Waals surface area contributed by atoms with Crippen LogP contribution in [0, 0.1) is 21.4 Å². The Morgan fingerprint density at radius 3 is 2.96 bits per heavy atom. The van der Waals surface area contributed by atoms with Gasteiger partial charge in [0.15, 0.2) is 0 Å². The molecule has 0 bridgehead atoms. The second kappa shape index (κ2) is 8.40. The van der Waals surface area contributed by atoms with E-state index in [9.17, 15) is 10.1 Å². The molecule has 24 heavy (non-hydrogen) atoms. The summed E-state index contributed by atoms with van der Waals surface area (Å²) in [6.07, 6.45) is 1.09. The lowest BCUT2D eigenvalue weighted by molar-refractivity contribution is -0.384. The van der Waals surface area contributed by atoms with Crippen LogP contribution < -0.4 is 10.1 Å². The maximum atomic E-state index is 11.1. The Balaban J connectivity index is 2.15. The molecule has 0 aliphatic carbocycles. The number of nitrogens with one attached hydrogen (secondary N) is 1. The summed E-state index contributed by atoms with van der Waals surface area (Å²) in [5.41, 5.74) is 1.05. The molecule has 0 amide bonds. The Morgan fingerprint density at radius 1 is 1.42 bits per heavy atom. The first-order chi connectivity index (χ1) is 11.6. The molecule has 0 unspecified atom stereocenters. The highest BCUT2D eigenvalue weighted by Gasteiger charge is 2.17. The number of rotatable bonds is 8. The lowest BCUT2D eigenvalue weighted by atomic mass is 10.1. The second-order valence-corrected chi connectivity index (χ2v) is 4.65. The average molecular weight is 329 g/mol. The Labute approximate surface area is 138 Å². The third-order valence-electron chi connectivity index (χ3n) is 2.98. The quantitative estimate of drug-likeness (QED) is 0.442. The normalized spacial score (nSPS) is 10.0. The number of hydrogen-bond acceptors (Lipinski definition) is 8. The predicted octanol–water partition coefficient (Wildman–Crippen LogP) is 1.89. The van der Waals surface area contributed by atoms with Crippen molar-refractivity contribution in [1.82, 2.24) is 9.97 Å². The minimum Gasteiger partial charge on any atom is -0.461 e. The van der Waals surface area contributed by atoms with Gasteiger partial charge in [0.05, 0.1) is 23.2 Å². The lowest BCUT2D eigenvalue weighted by Gasteiger charge is -2.08. The Kier molecular flexibility index (Phi) is 5.99. The third kappa shape index (κ3) is 4.62. The number of nitro groups is 1. The summed E-state index contributed by atoms with van der Waals surface area (Å²) in [5, 5.41) is 22.9. The van der Waals surface area contributed by atoms with E-state index in [4.69, 9.17) is 14.7 Å². The maximum Gasteiger partial charge on any atom is 0.329 e. The molecular formula is C15H15N5O4. The van der Waals surface area contributed by atoms with E-state index in [0.717, 1.165) is 11.8 Å². The summed E-state index contributed by atoms with van der Waals surface area (Å²) < 4.78 is 10.1. The largest absolute Gasteiger partial charge is 0.461 e. The summed E-state index contributed by atoms with van der Waals surface area (Å²) in [4.78, 5) is 18.3. The van der Waals surface area contributed by atoms with Gasteiger partial charge in [-0.1, -0.05) is 12.1 Å². The van der Waals surface area contributed by atoms with E-state index >= 15 is 0 Å². The van der Waals surface area contributed by atoms with E-state index in [1.807, 2.05) is 6.07 Å². The Hall–Kier alpha value is -3.25. The molecule has 1 aromatic carbocycles. The van der Waals surface area contributed by atoms with Crippen molar-refractivity contribution in [3.63, 3.8) is 0 Å². The Bertz CT molecular complexity index is 760. The van der Waals surface area contributed by atoms with Crippen molar-refractivity contribution >= 4 is 11.5 Å². The molecule has 9 heteroatoms. The van der Waals surface area contributed by atoms with Crippen LogP contribution in [-0.2, 0) is 11.3 Å². The smallest absolute Gasteiger partial charge is 0.329 e. The summed E-state index contributed by atoms with van der Waals surface area (Å²) >= 11 is 0. The van der Waals surface area contributed by atoms with Gasteiger partial charge in [-0.15, -0.1) is 0 Å². The van der Waals surface area contributed by atoms with Gasteiger partial charge in [-0.3, -0.25) is 10.1 Å². The van der Waals surface area contributed by atoms with Crippen LogP contribution in [0.25, 0.3) is 0 Å². The third-order valence-corrected chi connectivity index (χ3v) is 2.98. The van der Waals surface area contributed by atoms with Crippen LogP contribution in [0.2, 0.25) is 0 Å². The first kappa shape index (κ1) is 17.1. The van der Waals surface area contributed by atoms with Crippen molar-refractivity contribution in [1.29, 1.82) is 5.26 Å². The van der Waals surface area contributed by atoms with Gasteiger partial charge in [0.1, 0.15) is 12.8 Å². The van der Waals surface area contributed by atoms with Crippen molar-refractivity contribution in [3.8, 4) is 12.1 Å². The number of methoxy groups -OCH3 is 1. The summed E-state index contributed by atoms with van der Waals surface area (Å²) in [7, 11) is 1.53. The van der Waals surface area contributed by atoms with E-state index in [2.05, 4.69) is 15.3 Å². The standard InChI is InChI=1S/C15H15N5O4/c1-23-5-6-24-15-18-10-13(20(21)22)14(19-15)17-9-12-4-2-3-11(7-12)8-16/h2-4,7,10H,5-6,9H2,1H3,(H,17,18,19). The van der Waals surface area contributed by atoms with E-state index in [0.29, 0.717) is 12.2 Å². The van der Waals surface area contributed by atoms with Gasteiger partial charge in [0.2, 0.25) is 5.82 Å². The zero-order chi connectivity index (χ0) is 17.4. The molecular weight excluding hydrogens is 314 g/mol. The second-order valence-electron chi connectivity index (χ2n) is 4.65. The van der Waals surface area contributed by atoms with E-state index in [-0.39, 0.29) is 30.7 Å². The number of nitriles is 1. The highest BCUT2D eigenvalue weighted by atomic mass is 16.6. The summed E-state index contributed by atoms with van der Waals surface area (Å²) in [5.74, 6) is 0.0461. The molecule has 0 spiro atoms. The molecule has 124 valence electrons. The number of aromatic nitrogens is 2. The van der Waals surface area contributed by atoms with Gasteiger partial charge < -0.3 is 14.8 Å². The number of nitrogens with zero attached hydrogens (tertiary/aromatic N) is 4. The van der Waals surface area contributed by atoms with Gasteiger partial charge in [-0.2, -0.15) is 15.2 Å². The molecule has 2 aromatic rings. The molecule has 0 atom stereocenters. The fourth-order valence-corrected chi connectivity index (χ4v) is 1.85. The molecule has 0 saturated heterocycles. The van der Waals surface area contributed by atoms with Crippen molar-refractivity contribution < 1.29 is 14.4 Å². The van der Waals surface area contributed by atoms with Crippen LogP contribution in [0.4, 0.5) is 11.5 Å². The maximum absolute atomic E-state index is 11.1. The SMILES string of the molecule is COCCOc1ncc([N+](=O)[O-])c(NCc2cccc(C#N)c2)n1. The first-order valence-electron chi connectivity index (χ1n) is 7.00. The molecule has 1 heterocycles. The zero-order valence-electron chi connectivity index (χ0n) is 12.9. The minimum absolute atomic E-state index is 0.0194. The molecule has 9 nitrogen and oxygen atoms in total. The van der Waals surface area contributed by atoms with E-state index in [1.54, 1.807) is 24.3 Å². The molecule has 0 fully saturated rings. The molecule has 0 aliphatic rings. The minimum atomic E-state index is -0.576. The van der Waals surface area contributed by atoms with Crippen molar-refractivity contribution in [2.24, 2.45) is 0 Å². The highest BCUT2D eigenvalue weighted by molar-refractivity contribution is 5.55. The number of ether oxygens (including phenoxy) is 2. The number of hydrogen-bond donors (Lipinski definition) is 1. The molecule has 1 aromatic heterocycles. The first-order valence-corrected chi connectivity index (χ1v) is 7.00. The van der Waals surface area contributed by atoms with Gasteiger partial charge in [0.25, 0.3) is 0 Å². The molecule has 2 rings (SSSR count). The molecule has 0 radical (unpaired) electrons. The fraction of sp³-hybridized carbons (Fsp3) is 0.267. The number of benzene rings is 1. The van der Waals surface area contributed by atoms with Gasteiger partial charge in [-0.05, 0) is 17.7 Å². The van der Waals surface area contributed by atoms with Crippen molar-refractivity contribution in [2.75, 3.05) is 25.6 Å². The zero-order valence-corrected chi connectivity index (χ0v) is 12.9. The van der Waals surface area contributed by atoms with Crippen molar-refractivity contribution in [3.05, 3.63) is 51.7 Å². The van der Waals surface area contributed by atoms with Crippen LogP contribution >= 0.6 is 0 Å². The van der Waals surface area contributed by atoms with E-state index < -0.39 is 4.92 Å². The molecule has 0 saturated carbocycles. The van der Waals surface area contributed by atoms with Gasteiger partial charge in [0, 0.05) is 13.7 Å². The molecule has 1 N–H and O–H groups in total. The van der Waals surface area contributed by atoms with Gasteiger partial charge >= 0.3 is 11.7 Å². The predicted molar refractivity (Wildman–Crippen MR) is 84.5 cm³/mol. The monoisotopic (exact) mass is 329 g/mol. The topological polar surface area (TPSA) is 123 Å². The summed E-state index contributed by atoms with van der Waals surface area (Å²) in [6.45, 7) is 0.854. The average Bonchev–Trinajstić information content (AvgIpc) is 2.60. The Morgan fingerprint density at radius 2 is 2.25 bits per heavy atom. The van der Waals surface area contributed by atoms with E-state index in [1.165, 1.54) is 7.11 Å². The van der Waals surface area contributed by atoms with Crippen LogP contribution in [0.3, 0.4) is 0 Å². The van der Waals surface area contributed by atoms with Crippen molar-refractivity contribution in [2.45, 2.75) is 6.54 Å². The highest BCUT2D eigenvalue weighted by Crippen LogP contribution is 2.23. The number of anilines is 1. The lowest BCUT2D eigenvalue weighted by Crippen LogP contribution is -2.10. The van der Waals surface area contributed by atoms with Crippen LogP contribution in [0.1, 0.15) is 11.1 Å². The van der Waals surface area contributed by atoms with Crippen LogP contribution in [-0.4, -0.2) is 35.2 Å². The van der Waals surface area contributed by atoms with Crippen LogP contribution in [0.15, 0.2) is 30.5 Å². The van der Waals surface area contributed by atoms with Gasteiger partial charge in [-0.25, -0.2) is 0 Å². The fourth-order valence-electron chi connectivity index (χ4n) is 1.85.